The van der Waals surface area contributed by atoms with Crippen molar-refractivity contribution in [2.24, 2.45) is 5.92 Å². The average Bonchev–Trinajstić information content (AvgIpc) is 2.81. The van der Waals surface area contributed by atoms with Crippen molar-refractivity contribution in [3.05, 3.63) is 94.3 Å². The topological polar surface area (TPSA) is 52.7 Å². The van der Waals surface area contributed by atoms with Crippen molar-refractivity contribution >= 4 is 34.8 Å². The van der Waals surface area contributed by atoms with Crippen molar-refractivity contribution in [1.29, 1.82) is 0 Å². The molecule has 3 aromatic rings. The van der Waals surface area contributed by atoms with Crippen LogP contribution in [-0.2, 0) is 6.54 Å². The largest absolute Gasteiger partial charge is 0.377 e. The number of nitrogens with zero attached hydrogens (tertiary/aromatic N) is 2. The number of benzene rings is 3. The number of hydrogen-bond acceptors (Lipinski definition) is 3. The van der Waals surface area contributed by atoms with Crippen molar-refractivity contribution in [3.8, 4) is 0 Å². The van der Waals surface area contributed by atoms with E-state index in [-0.39, 0.29) is 30.3 Å². The maximum Gasteiger partial charge on any atom is 0.257 e. The maximum absolute atomic E-state index is 13.9. The van der Waals surface area contributed by atoms with Gasteiger partial charge in [0.25, 0.3) is 11.8 Å². The summed E-state index contributed by atoms with van der Waals surface area (Å²) in [5.41, 5.74) is 3.03. The SMILES string of the molecule is CC(C)[C@H](C)N(Cc1cc(NC(=O)c2ccccc2Cl)ccc1N(C)C)C(=O)c1cccc(F)c1. The standard InChI is InChI=1S/C28H31ClFN3O2/c1-18(2)19(3)33(28(35)20-9-8-10-22(30)15-20)17-21-16-23(13-14-26(21)32(4)5)31-27(34)24-11-6-7-12-25(24)29/h6-16,18-19H,17H2,1-5H3,(H,31,34)/t19-/m0/s1. The molecule has 0 aliphatic rings. The van der Waals surface area contributed by atoms with E-state index in [9.17, 15) is 14.0 Å². The smallest absolute Gasteiger partial charge is 0.257 e. The van der Waals surface area contributed by atoms with Crippen LogP contribution in [0, 0.1) is 11.7 Å². The maximum atomic E-state index is 13.9. The summed E-state index contributed by atoms with van der Waals surface area (Å²) in [5.74, 6) is -0.840. The monoisotopic (exact) mass is 495 g/mol. The van der Waals surface area contributed by atoms with Gasteiger partial charge in [0.2, 0.25) is 0 Å². The molecule has 0 spiro atoms. The van der Waals surface area contributed by atoms with Crippen LogP contribution in [0.15, 0.2) is 66.7 Å². The van der Waals surface area contributed by atoms with Gasteiger partial charge in [0.15, 0.2) is 0 Å². The Balaban J connectivity index is 1.97. The summed E-state index contributed by atoms with van der Waals surface area (Å²) >= 11 is 6.18. The predicted octanol–water partition coefficient (Wildman–Crippen LogP) is 6.48. The van der Waals surface area contributed by atoms with E-state index in [1.807, 2.05) is 58.0 Å². The van der Waals surface area contributed by atoms with Crippen molar-refractivity contribution in [2.75, 3.05) is 24.3 Å². The Morgan fingerprint density at radius 1 is 0.971 bits per heavy atom. The second-order valence-corrected chi connectivity index (χ2v) is 9.51. The average molecular weight is 496 g/mol. The van der Waals surface area contributed by atoms with Gasteiger partial charge in [0.05, 0.1) is 10.6 Å². The first-order chi connectivity index (χ1) is 16.6. The fourth-order valence-electron chi connectivity index (χ4n) is 3.80. The van der Waals surface area contributed by atoms with Gasteiger partial charge in [-0.1, -0.05) is 43.6 Å². The summed E-state index contributed by atoms with van der Waals surface area (Å²) in [6.45, 7) is 6.37. The van der Waals surface area contributed by atoms with Gasteiger partial charge < -0.3 is 15.1 Å². The third kappa shape index (κ3) is 6.40. The van der Waals surface area contributed by atoms with Crippen LogP contribution in [0.4, 0.5) is 15.8 Å². The molecule has 3 aromatic carbocycles. The molecule has 0 saturated heterocycles. The van der Waals surface area contributed by atoms with E-state index in [0.29, 0.717) is 21.8 Å². The molecule has 0 radical (unpaired) electrons. The van der Waals surface area contributed by atoms with Crippen LogP contribution in [0.1, 0.15) is 47.1 Å². The van der Waals surface area contributed by atoms with Gasteiger partial charge in [-0.3, -0.25) is 9.59 Å². The fraction of sp³-hybridized carbons (Fsp3) is 0.286. The van der Waals surface area contributed by atoms with Crippen LogP contribution in [0.2, 0.25) is 5.02 Å². The molecule has 3 rings (SSSR count). The van der Waals surface area contributed by atoms with Gasteiger partial charge in [0.1, 0.15) is 5.82 Å². The molecule has 2 amide bonds. The molecule has 1 N–H and O–H groups in total. The fourth-order valence-corrected chi connectivity index (χ4v) is 4.02. The zero-order valence-corrected chi connectivity index (χ0v) is 21.4. The van der Waals surface area contributed by atoms with Gasteiger partial charge in [0, 0.05) is 43.6 Å². The van der Waals surface area contributed by atoms with Gasteiger partial charge in [-0.15, -0.1) is 0 Å². The Morgan fingerprint density at radius 3 is 2.31 bits per heavy atom. The minimum Gasteiger partial charge on any atom is -0.377 e. The highest BCUT2D eigenvalue weighted by Gasteiger charge is 2.26. The third-order valence-electron chi connectivity index (χ3n) is 6.07. The zero-order valence-electron chi connectivity index (χ0n) is 20.7. The molecule has 0 aromatic heterocycles. The van der Waals surface area contributed by atoms with E-state index in [1.54, 1.807) is 35.2 Å². The lowest BCUT2D eigenvalue weighted by molar-refractivity contribution is 0.0627. The van der Waals surface area contributed by atoms with E-state index >= 15 is 0 Å². The zero-order chi connectivity index (χ0) is 25.7. The van der Waals surface area contributed by atoms with Crippen molar-refractivity contribution in [2.45, 2.75) is 33.4 Å². The minimum atomic E-state index is -0.453. The molecule has 184 valence electrons. The molecular formula is C28H31ClFN3O2. The Labute approximate surface area is 211 Å². The van der Waals surface area contributed by atoms with E-state index in [2.05, 4.69) is 5.32 Å². The highest BCUT2D eigenvalue weighted by molar-refractivity contribution is 6.34. The highest BCUT2D eigenvalue weighted by atomic mass is 35.5. The van der Waals surface area contributed by atoms with Crippen LogP contribution in [0.3, 0.4) is 0 Å². The molecule has 0 fully saturated rings. The molecule has 0 unspecified atom stereocenters. The van der Waals surface area contributed by atoms with Crippen molar-refractivity contribution < 1.29 is 14.0 Å². The number of nitrogens with one attached hydrogen (secondary N) is 1. The first-order valence-corrected chi connectivity index (χ1v) is 11.9. The van der Waals surface area contributed by atoms with E-state index in [1.165, 1.54) is 18.2 Å². The second-order valence-electron chi connectivity index (χ2n) is 9.10. The quantitative estimate of drug-likeness (QED) is 0.389. The molecule has 0 heterocycles. The van der Waals surface area contributed by atoms with Gasteiger partial charge in [-0.05, 0) is 66.9 Å². The van der Waals surface area contributed by atoms with E-state index < -0.39 is 5.82 Å². The molecule has 7 heteroatoms. The Bertz CT molecular complexity index is 1210. The van der Waals surface area contributed by atoms with Crippen molar-refractivity contribution in [1.82, 2.24) is 4.90 Å². The number of carbonyl (C=O) groups is 2. The number of amides is 2. The number of halogens is 2. The Hall–Kier alpha value is -3.38. The number of rotatable bonds is 8. The molecular weight excluding hydrogens is 465 g/mol. The summed E-state index contributed by atoms with van der Waals surface area (Å²) in [6, 6.07) is 18.1. The minimum absolute atomic E-state index is 0.109. The molecule has 0 saturated carbocycles. The van der Waals surface area contributed by atoms with Gasteiger partial charge in [-0.2, -0.15) is 0 Å². The Morgan fingerprint density at radius 2 is 1.69 bits per heavy atom. The normalized spacial score (nSPS) is 11.8. The molecule has 35 heavy (non-hydrogen) atoms. The molecule has 5 nitrogen and oxygen atoms in total. The van der Waals surface area contributed by atoms with Crippen LogP contribution in [-0.4, -0.2) is 36.9 Å². The van der Waals surface area contributed by atoms with Crippen LogP contribution < -0.4 is 10.2 Å². The second kappa shape index (κ2) is 11.4. The number of anilines is 2. The van der Waals surface area contributed by atoms with Gasteiger partial charge >= 0.3 is 0 Å². The number of carbonyl (C=O) groups excluding carboxylic acids is 2. The van der Waals surface area contributed by atoms with E-state index in [0.717, 1.165) is 11.3 Å². The van der Waals surface area contributed by atoms with Crippen LogP contribution >= 0.6 is 11.6 Å². The molecule has 0 bridgehead atoms. The summed E-state index contributed by atoms with van der Waals surface area (Å²) in [7, 11) is 3.84. The lowest BCUT2D eigenvalue weighted by Gasteiger charge is -2.33. The first kappa shape index (κ1) is 26.2. The van der Waals surface area contributed by atoms with Gasteiger partial charge in [-0.25, -0.2) is 4.39 Å². The molecule has 0 aliphatic carbocycles. The van der Waals surface area contributed by atoms with E-state index in [4.69, 9.17) is 11.6 Å². The predicted molar refractivity (Wildman–Crippen MR) is 141 cm³/mol. The Kier molecular flexibility index (Phi) is 8.52. The lowest BCUT2D eigenvalue weighted by Crippen LogP contribution is -2.41. The van der Waals surface area contributed by atoms with Crippen LogP contribution in [0.25, 0.3) is 0 Å². The van der Waals surface area contributed by atoms with Crippen molar-refractivity contribution in [3.63, 3.8) is 0 Å². The highest BCUT2D eigenvalue weighted by Crippen LogP contribution is 2.28. The lowest BCUT2D eigenvalue weighted by atomic mass is 10.0. The number of hydrogen-bond donors (Lipinski definition) is 1. The molecule has 1 atom stereocenters. The summed E-state index contributed by atoms with van der Waals surface area (Å²) in [4.78, 5) is 30.0. The summed E-state index contributed by atoms with van der Waals surface area (Å²) in [5, 5.41) is 3.27. The summed E-state index contributed by atoms with van der Waals surface area (Å²) < 4.78 is 13.9. The molecule has 0 aliphatic heterocycles. The summed E-state index contributed by atoms with van der Waals surface area (Å²) in [6.07, 6.45) is 0. The van der Waals surface area contributed by atoms with Crippen LogP contribution in [0.5, 0.6) is 0 Å². The third-order valence-corrected chi connectivity index (χ3v) is 6.40. The first-order valence-electron chi connectivity index (χ1n) is 11.5.